The number of para-hydroxylation sites is 2. The number of aryl methyl sites for hydroxylation is 1. The first-order valence-electron chi connectivity index (χ1n) is 9.88. The molecule has 2 N–H and O–H groups in total. The van der Waals surface area contributed by atoms with Gasteiger partial charge < -0.3 is 24.7 Å². The van der Waals surface area contributed by atoms with Crippen LogP contribution in [0.1, 0.15) is 18.9 Å². The van der Waals surface area contributed by atoms with Crippen LogP contribution in [-0.4, -0.2) is 42.8 Å². The van der Waals surface area contributed by atoms with Gasteiger partial charge in [0, 0.05) is 31.3 Å². The van der Waals surface area contributed by atoms with Gasteiger partial charge in [-0.3, -0.25) is 0 Å². The van der Waals surface area contributed by atoms with E-state index >= 15 is 0 Å². The van der Waals surface area contributed by atoms with Crippen molar-refractivity contribution in [1.82, 2.24) is 20.2 Å². The summed E-state index contributed by atoms with van der Waals surface area (Å²) in [7, 11) is 3.30. The molecule has 0 radical (unpaired) electrons. The maximum absolute atomic E-state index is 5.46. The number of fused-ring (bicyclic) bond motifs is 1. The van der Waals surface area contributed by atoms with E-state index in [0.717, 1.165) is 54.6 Å². The van der Waals surface area contributed by atoms with Gasteiger partial charge in [0.25, 0.3) is 0 Å². The molecule has 1 aromatic heterocycles. The van der Waals surface area contributed by atoms with Crippen LogP contribution in [0.2, 0.25) is 0 Å². The van der Waals surface area contributed by atoms with Crippen molar-refractivity contribution in [2.75, 3.05) is 27.3 Å². The van der Waals surface area contributed by atoms with Gasteiger partial charge in [-0.2, -0.15) is 0 Å². The Hall–Kier alpha value is -3.22. The number of hydrogen-bond acceptors (Lipinski definition) is 4. The smallest absolute Gasteiger partial charge is 0.191 e. The highest BCUT2D eigenvalue weighted by molar-refractivity contribution is 5.79. The summed E-state index contributed by atoms with van der Waals surface area (Å²) in [6, 6.07) is 14.0. The predicted octanol–water partition coefficient (Wildman–Crippen LogP) is 3.20. The maximum Gasteiger partial charge on any atom is 0.191 e. The lowest BCUT2D eigenvalue weighted by atomic mass is 10.2. The number of nitrogens with one attached hydrogen (secondary N) is 2. The zero-order valence-electron chi connectivity index (χ0n) is 17.3. The Kier molecular flexibility index (Phi) is 7.33. The molecule has 7 heteroatoms. The first kappa shape index (κ1) is 20.5. The Balaban J connectivity index is 1.55. The van der Waals surface area contributed by atoms with E-state index in [4.69, 9.17) is 9.47 Å². The zero-order valence-corrected chi connectivity index (χ0v) is 17.3. The Morgan fingerprint density at radius 3 is 2.76 bits per heavy atom. The number of rotatable bonds is 9. The van der Waals surface area contributed by atoms with E-state index in [1.807, 2.05) is 42.7 Å². The van der Waals surface area contributed by atoms with Crippen molar-refractivity contribution in [1.29, 1.82) is 0 Å². The lowest BCUT2D eigenvalue weighted by molar-refractivity contribution is 0.391. The van der Waals surface area contributed by atoms with E-state index in [2.05, 4.69) is 38.2 Å². The maximum atomic E-state index is 5.46. The minimum Gasteiger partial charge on any atom is -0.497 e. The highest BCUT2D eigenvalue weighted by Crippen LogP contribution is 2.25. The number of hydrogen-bond donors (Lipinski definition) is 2. The molecular weight excluding hydrogens is 366 g/mol. The number of imidazole rings is 1. The molecule has 0 unspecified atom stereocenters. The fourth-order valence-electron chi connectivity index (χ4n) is 3.13. The molecule has 0 spiro atoms. The van der Waals surface area contributed by atoms with E-state index in [1.54, 1.807) is 14.2 Å². The molecule has 0 amide bonds. The van der Waals surface area contributed by atoms with Gasteiger partial charge in [0.15, 0.2) is 5.96 Å². The molecule has 3 aromatic rings. The van der Waals surface area contributed by atoms with Crippen molar-refractivity contribution >= 4 is 17.0 Å². The number of aliphatic imine (C=N–C) groups is 1. The van der Waals surface area contributed by atoms with Crippen LogP contribution < -0.4 is 20.1 Å². The minimum absolute atomic E-state index is 0.522. The van der Waals surface area contributed by atoms with Crippen molar-refractivity contribution in [2.24, 2.45) is 4.99 Å². The Labute approximate surface area is 171 Å². The summed E-state index contributed by atoms with van der Waals surface area (Å²) in [6.45, 7) is 5.10. The van der Waals surface area contributed by atoms with Crippen molar-refractivity contribution in [3.05, 3.63) is 54.4 Å². The molecule has 3 rings (SSSR count). The lowest BCUT2D eigenvalue weighted by Crippen LogP contribution is -2.38. The fraction of sp³-hybridized carbons (Fsp3) is 0.364. The van der Waals surface area contributed by atoms with E-state index in [0.29, 0.717) is 6.54 Å². The van der Waals surface area contributed by atoms with Crippen LogP contribution in [0.25, 0.3) is 11.0 Å². The van der Waals surface area contributed by atoms with E-state index in [1.165, 1.54) is 5.52 Å². The van der Waals surface area contributed by atoms with Crippen molar-refractivity contribution in [2.45, 2.75) is 26.4 Å². The van der Waals surface area contributed by atoms with Gasteiger partial charge in [0.2, 0.25) is 0 Å². The van der Waals surface area contributed by atoms with Gasteiger partial charge in [0.05, 0.1) is 38.1 Å². The van der Waals surface area contributed by atoms with Crippen LogP contribution in [0.5, 0.6) is 11.5 Å². The predicted molar refractivity (Wildman–Crippen MR) is 117 cm³/mol. The SMILES string of the molecule is CCNC(=NCc1ccc(OC)cc1OC)NCCCn1cnc2ccccc21. The lowest BCUT2D eigenvalue weighted by Gasteiger charge is -2.13. The van der Waals surface area contributed by atoms with Gasteiger partial charge in [-0.05, 0) is 37.6 Å². The molecule has 0 saturated heterocycles. The molecule has 1 heterocycles. The Bertz CT molecular complexity index is 951. The highest BCUT2D eigenvalue weighted by atomic mass is 16.5. The summed E-state index contributed by atoms with van der Waals surface area (Å²) < 4.78 is 12.9. The summed E-state index contributed by atoms with van der Waals surface area (Å²) in [5, 5.41) is 6.69. The van der Waals surface area contributed by atoms with E-state index in [9.17, 15) is 0 Å². The Morgan fingerprint density at radius 2 is 1.97 bits per heavy atom. The molecule has 0 atom stereocenters. The Morgan fingerprint density at radius 1 is 1.10 bits per heavy atom. The third kappa shape index (κ3) is 5.40. The van der Waals surface area contributed by atoms with Gasteiger partial charge >= 0.3 is 0 Å². The van der Waals surface area contributed by atoms with Crippen LogP contribution in [-0.2, 0) is 13.1 Å². The van der Waals surface area contributed by atoms with Gasteiger partial charge in [-0.1, -0.05) is 12.1 Å². The van der Waals surface area contributed by atoms with Crippen LogP contribution >= 0.6 is 0 Å². The van der Waals surface area contributed by atoms with Crippen LogP contribution in [0.15, 0.2) is 53.8 Å². The largest absolute Gasteiger partial charge is 0.497 e. The average molecular weight is 396 g/mol. The van der Waals surface area contributed by atoms with Gasteiger partial charge in [0.1, 0.15) is 11.5 Å². The number of ether oxygens (including phenoxy) is 2. The number of methoxy groups -OCH3 is 2. The second-order valence-electron chi connectivity index (χ2n) is 6.58. The third-order valence-electron chi connectivity index (χ3n) is 4.64. The normalized spacial score (nSPS) is 11.5. The molecule has 0 aliphatic carbocycles. The summed E-state index contributed by atoms with van der Waals surface area (Å²) in [6.07, 6.45) is 2.87. The molecule has 154 valence electrons. The average Bonchev–Trinajstić information content (AvgIpc) is 3.18. The minimum atomic E-state index is 0.522. The second-order valence-corrected chi connectivity index (χ2v) is 6.58. The second kappa shape index (κ2) is 10.4. The van der Waals surface area contributed by atoms with Crippen molar-refractivity contribution in [3.63, 3.8) is 0 Å². The van der Waals surface area contributed by atoms with E-state index in [-0.39, 0.29) is 0 Å². The number of aromatic nitrogens is 2. The molecule has 29 heavy (non-hydrogen) atoms. The number of guanidine groups is 1. The molecule has 0 aliphatic rings. The molecule has 0 saturated carbocycles. The molecule has 0 fully saturated rings. The number of nitrogens with zero attached hydrogens (tertiary/aromatic N) is 3. The number of benzene rings is 2. The van der Waals surface area contributed by atoms with Crippen molar-refractivity contribution < 1.29 is 9.47 Å². The summed E-state index contributed by atoms with van der Waals surface area (Å²) >= 11 is 0. The fourth-order valence-corrected chi connectivity index (χ4v) is 3.13. The summed E-state index contributed by atoms with van der Waals surface area (Å²) in [4.78, 5) is 9.13. The quantitative estimate of drug-likeness (QED) is 0.331. The first-order chi connectivity index (χ1) is 14.2. The van der Waals surface area contributed by atoms with Crippen LogP contribution in [0.4, 0.5) is 0 Å². The van der Waals surface area contributed by atoms with E-state index < -0.39 is 0 Å². The zero-order chi connectivity index (χ0) is 20.5. The molecule has 0 bridgehead atoms. The summed E-state index contributed by atoms with van der Waals surface area (Å²) in [5.41, 5.74) is 3.21. The topological polar surface area (TPSA) is 72.7 Å². The molecular formula is C22H29N5O2. The molecule has 0 aliphatic heterocycles. The highest BCUT2D eigenvalue weighted by Gasteiger charge is 2.06. The standard InChI is InChI=1S/C22H29N5O2/c1-4-23-22(25-15-17-10-11-18(28-2)14-21(17)29-3)24-12-7-13-27-16-26-19-8-5-6-9-20(19)27/h5-6,8-11,14,16H,4,7,12-13,15H2,1-3H3,(H2,23,24,25). The van der Waals surface area contributed by atoms with Gasteiger partial charge in [-0.25, -0.2) is 9.98 Å². The monoisotopic (exact) mass is 395 g/mol. The van der Waals surface area contributed by atoms with Gasteiger partial charge in [-0.15, -0.1) is 0 Å². The van der Waals surface area contributed by atoms with Crippen LogP contribution in [0, 0.1) is 0 Å². The van der Waals surface area contributed by atoms with Crippen LogP contribution in [0.3, 0.4) is 0 Å². The third-order valence-corrected chi connectivity index (χ3v) is 4.64. The molecule has 2 aromatic carbocycles. The molecule has 7 nitrogen and oxygen atoms in total. The summed E-state index contributed by atoms with van der Waals surface area (Å²) in [5.74, 6) is 2.34. The van der Waals surface area contributed by atoms with Crippen molar-refractivity contribution in [3.8, 4) is 11.5 Å². The first-order valence-corrected chi connectivity index (χ1v) is 9.88.